The summed E-state index contributed by atoms with van der Waals surface area (Å²) in [6, 6.07) is 6.44. The summed E-state index contributed by atoms with van der Waals surface area (Å²) in [5, 5.41) is 13.3. The average molecular weight is 319 g/mol. The van der Waals surface area contributed by atoms with E-state index in [4.69, 9.17) is 9.57 Å². The van der Waals surface area contributed by atoms with Crippen molar-refractivity contribution in [2.75, 3.05) is 6.61 Å². The number of carbonyl (C=O) groups is 2. The largest absolute Gasteiger partial charge is 0.508 e. The molecule has 0 aromatic heterocycles. The lowest BCUT2D eigenvalue weighted by Crippen LogP contribution is -2.40. The van der Waals surface area contributed by atoms with Crippen LogP contribution in [0.1, 0.15) is 45.1 Å². The van der Waals surface area contributed by atoms with Crippen molar-refractivity contribution in [1.82, 2.24) is 0 Å². The van der Waals surface area contributed by atoms with Crippen molar-refractivity contribution in [3.05, 3.63) is 29.8 Å². The van der Waals surface area contributed by atoms with Crippen molar-refractivity contribution in [3.63, 3.8) is 0 Å². The highest BCUT2D eigenvalue weighted by Crippen LogP contribution is 2.32. The van der Waals surface area contributed by atoms with Gasteiger partial charge in [0.15, 0.2) is 5.78 Å². The molecule has 6 heteroatoms. The topological polar surface area (TPSA) is 85.2 Å². The Bertz CT molecular complexity index is 608. The molecule has 0 saturated heterocycles. The Kier molecular flexibility index (Phi) is 5.36. The molecule has 1 atom stereocenters. The molecule has 0 saturated carbocycles. The number of hydrogen-bond acceptors (Lipinski definition) is 6. The van der Waals surface area contributed by atoms with Crippen molar-refractivity contribution in [3.8, 4) is 5.75 Å². The highest BCUT2D eigenvalue weighted by Gasteiger charge is 2.46. The first-order valence-corrected chi connectivity index (χ1v) is 7.68. The fourth-order valence-electron chi connectivity index (χ4n) is 2.31. The summed E-state index contributed by atoms with van der Waals surface area (Å²) < 4.78 is 5.12. The zero-order valence-corrected chi connectivity index (χ0v) is 13.4. The predicted octanol–water partition coefficient (Wildman–Crippen LogP) is 2.58. The Morgan fingerprint density at radius 3 is 2.65 bits per heavy atom. The number of aromatic hydroxyl groups is 1. The number of esters is 1. The van der Waals surface area contributed by atoms with Gasteiger partial charge >= 0.3 is 5.97 Å². The van der Waals surface area contributed by atoms with Gasteiger partial charge in [-0.2, -0.15) is 0 Å². The lowest BCUT2D eigenvalue weighted by Gasteiger charge is -2.22. The number of ketones is 1. The van der Waals surface area contributed by atoms with Gasteiger partial charge in [-0.3, -0.25) is 9.59 Å². The van der Waals surface area contributed by atoms with Crippen LogP contribution in [0, 0.1) is 0 Å². The third-order valence-electron chi connectivity index (χ3n) is 3.82. The number of rotatable bonds is 7. The van der Waals surface area contributed by atoms with Crippen LogP contribution in [0.2, 0.25) is 0 Å². The quantitative estimate of drug-likeness (QED) is 0.617. The molecular formula is C17H21NO5. The lowest BCUT2D eigenvalue weighted by molar-refractivity contribution is -0.157. The monoisotopic (exact) mass is 319 g/mol. The number of nitrogens with zero attached hydrogens (tertiary/aromatic N) is 1. The van der Waals surface area contributed by atoms with Gasteiger partial charge in [-0.1, -0.05) is 18.5 Å². The highest BCUT2D eigenvalue weighted by molar-refractivity contribution is 6.06. The molecule has 2 rings (SSSR count). The fraction of sp³-hybridized carbons (Fsp3) is 0.471. The molecule has 1 heterocycles. The minimum atomic E-state index is -1.30. The van der Waals surface area contributed by atoms with E-state index < -0.39 is 11.6 Å². The van der Waals surface area contributed by atoms with Gasteiger partial charge in [0, 0.05) is 6.42 Å². The first-order valence-electron chi connectivity index (χ1n) is 7.68. The number of Topliss-reactive ketones (excluding diaryl/α,β-unsaturated/α-hetero) is 1. The van der Waals surface area contributed by atoms with Crippen LogP contribution in [0.25, 0.3) is 0 Å². The number of phenols is 1. The number of benzene rings is 1. The molecule has 0 radical (unpaired) electrons. The summed E-state index contributed by atoms with van der Waals surface area (Å²) in [7, 11) is 0. The summed E-state index contributed by atoms with van der Waals surface area (Å²) in [5.74, 6) is -0.580. The molecule has 0 spiro atoms. The molecule has 124 valence electrons. The van der Waals surface area contributed by atoms with Crippen molar-refractivity contribution in [2.24, 2.45) is 5.16 Å². The van der Waals surface area contributed by atoms with Crippen LogP contribution in [0.15, 0.2) is 29.4 Å². The number of hydrogen-bond donors (Lipinski definition) is 1. The van der Waals surface area contributed by atoms with E-state index >= 15 is 0 Å². The molecule has 0 aliphatic carbocycles. The van der Waals surface area contributed by atoms with E-state index in [0.717, 1.165) is 18.4 Å². The molecule has 1 aromatic rings. The van der Waals surface area contributed by atoms with E-state index in [9.17, 15) is 14.7 Å². The summed E-state index contributed by atoms with van der Waals surface area (Å²) in [6.07, 6.45) is 1.76. The van der Waals surface area contributed by atoms with Crippen molar-refractivity contribution < 1.29 is 24.3 Å². The third-order valence-corrected chi connectivity index (χ3v) is 3.82. The third kappa shape index (κ3) is 4.09. The van der Waals surface area contributed by atoms with Gasteiger partial charge in [0.25, 0.3) is 0 Å². The summed E-state index contributed by atoms with van der Waals surface area (Å²) in [6.45, 7) is 3.73. The minimum absolute atomic E-state index is 0.144. The van der Waals surface area contributed by atoms with Gasteiger partial charge in [-0.25, -0.2) is 0 Å². The molecule has 1 aliphatic rings. The number of ether oxygens (including phenoxy) is 1. The molecule has 1 aliphatic heterocycles. The van der Waals surface area contributed by atoms with Crippen molar-refractivity contribution in [2.45, 2.75) is 45.1 Å². The van der Waals surface area contributed by atoms with Gasteiger partial charge in [0.1, 0.15) is 5.75 Å². The summed E-state index contributed by atoms with van der Waals surface area (Å²) in [4.78, 5) is 29.3. The van der Waals surface area contributed by atoms with Gasteiger partial charge in [-0.05, 0) is 43.2 Å². The Hall–Kier alpha value is -2.37. The molecule has 0 amide bonds. The van der Waals surface area contributed by atoms with Crippen molar-refractivity contribution in [1.29, 1.82) is 0 Å². The molecular weight excluding hydrogens is 298 g/mol. The zero-order chi connectivity index (χ0) is 16.9. The van der Waals surface area contributed by atoms with Crippen LogP contribution < -0.4 is 0 Å². The maximum absolute atomic E-state index is 12.0. The maximum Gasteiger partial charge on any atom is 0.310 e. The molecule has 1 aromatic carbocycles. The first kappa shape index (κ1) is 17.0. The lowest BCUT2D eigenvalue weighted by atomic mass is 9.88. The summed E-state index contributed by atoms with van der Waals surface area (Å²) in [5.41, 5.74) is 0.0168. The van der Waals surface area contributed by atoms with E-state index in [1.165, 1.54) is 19.1 Å². The van der Waals surface area contributed by atoms with Crippen LogP contribution in [0.3, 0.4) is 0 Å². The van der Waals surface area contributed by atoms with E-state index in [2.05, 4.69) is 5.16 Å². The van der Waals surface area contributed by atoms with Gasteiger partial charge < -0.3 is 14.7 Å². The van der Waals surface area contributed by atoms with Gasteiger partial charge in [0.05, 0.1) is 18.7 Å². The normalized spacial score (nSPS) is 19.8. The number of phenolic OH excluding ortho intramolecular Hbond substituents is 1. The van der Waals surface area contributed by atoms with Crippen LogP contribution >= 0.6 is 0 Å². The van der Waals surface area contributed by atoms with E-state index in [0.29, 0.717) is 12.3 Å². The predicted molar refractivity (Wildman–Crippen MR) is 84.2 cm³/mol. The van der Waals surface area contributed by atoms with Crippen LogP contribution in [-0.4, -0.2) is 34.8 Å². The smallest absolute Gasteiger partial charge is 0.310 e. The second-order valence-electron chi connectivity index (χ2n) is 5.65. The maximum atomic E-state index is 12.0. The average Bonchev–Trinajstić information content (AvgIpc) is 2.94. The standard InChI is InChI=1S/C17H21NO5/c1-3-4-9-22-16(21)11-17(12(2)19)10-15(18-23-17)13-5-7-14(20)8-6-13/h5-8,20H,3-4,9-11H2,1-2H3. The Balaban J connectivity index is 2.05. The van der Waals surface area contributed by atoms with Crippen LogP contribution in [-0.2, 0) is 19.2 Å². The Morgan fingerprint density at radius 1 is 1.35 bits per heavy atom. The number of oxime groups is 1. The molecule has 1 N–H and O–H groups in total. The molecule has 1 unspecified atom stereocenters. The Morgan fingerprint density at radius 2 is 2.04 bits per heavy atom. The van der Waals surface area contributed by atoms with E-state index in [1.807, 2.05) is 6.92 Å². The van der Waals surface area contributed by atoms with E-state index in [1.54, 1.807) is 12.1 Å². The summed E-state index contributed by atoms with van der Waals surface area (Å²) >= 11 is 0. The Labute approximate surface area is 135 Å². The second-order valence-corrected chi connectivity index (χ2v) is 5.65. The first-order chi connectivity index (χ1) is 11.0. The number of unbranched alkanes of at least 4 members (excludes halogenated alkanes) is 1. The zero-order valence-electron chi connectivity index (χ0n) is 13.4. The van der Waals surface area contributed by atoms with Crippen LogP contribution in [0.5, 0.6) is 5.75 Å². The molecule has 23 heavy (non-hydrogen) atoms. The second kappa shape index (κ2) is 7.26. The van der Waals surface area contributed by atoms with Crippen molar-refractivity contribution >= 4 is 17.5 Å². The highest BCUT2D eigenvalue weighted by atomic mass is 16.7. The molecule has 0 fully saturated rings. The SMILES string of the molecule is CCCCOC(=O)CC1(C(C)=O)CC(c2ccc(O)cc2)=NO1. The molecule has 6 nitrogen and oxygen atoms in total. The van der Waals surface area contributed by atoms with Gasteiger partial charge in [-0.15, -0.1) is 0 Å². The fourth-order valence-corrected chi connectivity index (χ4v) is 2.31. The van der Waals surface area contributed by atoms with Gasteiger partial charge in [0.2, 0.25) is 5.60 Å². The minimum Gasteiger partial charge on any atom is -0.508 e. The van der Waals surface area contributed by atoms with Crippen LogP contribution in [0.4, 0.5) is 0 Å². The van der Waals surface area contributed by atoms with E-state index in [-0.39, 0.29) is 24.4 Å². The number of carbonyl (C=O) groups excluding carboxylic acids is 2. The molecule has 0 bridgehead atoms.